The minimum atomic E-state index is -1.15. The van der Waals surface area contributed by atoms with E-state index in [4.69, 9.17) is 0 Å². The Morgan fingerprint density at radius 3 is 2.33 bits per heavy atom. The Labute approximate surface area is 123 Å². The summed E-state index contributed by atoms with van der Waals surface area (Å²) in [4.78, 5) is 32.0. The number of nitro groups is 2. The molecule has 0 saturated heterocycles. The average Bonchev–Trinajstić information content (AvgIpc) is 2.85. The monoisotopic (exact) mass is 314 g/mol. The van der Waals surface area contributed by atoms with E-state index in [0.29, 0.717) is 24.2 Å². The zero-order valence-electron chi connectivity index (χ0n) is 11.1. The van der Waals surface area contributed by atoms with Crippen molar-refractivity contribution in [2.75, 3.05) is 0 Å². The molecule has 1 unspecified atom stereocenters. The molecule has 0 spiro atoms. The van der Waals surface area contributed by atoms with Crippen molar-refractivity contribution in [1.82, 2.24) is 0 Å². The number of rotatable bonds is 5. The van der Waals surface area contributed by atoms with Crippen LogP contribution in [0.15, 0.2) is 6.07 Å². The van der Waals surface area contributed by atoms with E-state index in [1.807, 2.05) is 0 Å². The van der Waals surface area contributed by atoms with Gasteiger partial charge in [-0.05, 0) is 18.8 Å². The van der Waals surface area contributed by atoms with Gasteiger partial charge >= 0.3 is 16.0 Å². The number of nitrogens with zero attached hydrogens (tertiary/aromatic N) is 2. The van der Waals surface area contributed by atoms with Gasteiger partial charge in [-0.2, -0.15) is 0 Å². The summed E-state index contributed by atoms with van der Waals surface area (Å²) in [6.45, 7) is 0. The Morgan fingerprint density at radius 1 is 1.24 bits per heavy atom. The summed E-state index contributed by atoms with van der Waals surface area (Å²) in [6.07, 6.45) is 4.15. The van der Waals surface area contributed by atoms with Gasteiger partial charge in [-0.25, -0.2) is 0 Å². The average molecular weight is 314 g/mol. The first kappa shape index (κ1) is 15.4. The molecule has 1 fully saturated rings. The normalized spacial score (nSPS) is 17.3. The number of hydrogen-bond acceptors (Lipinski definition) is 6. The Kier molecular flexibility index (Phi) is 4.51. The fourth-order valence-electron chi connectivity index (χ4n) is 2.89. The summed E-state index contributed by atoms with van der Waals surface area (Å²) < 4.78 is 0. The molecule has 2 rings (SSSR count). The largest absolute Gasteiger partial charge is 0.481 e. The number of carboxylic acid groups (broad SMARTS) is 1. The first-order valence-corrected chi connectivity index (χ1v) is 7.38. The highest BCUT2D eigenvalue weighted by molar-refractivity contribution is 7.18. The van der Waals surface area contributed by atoms with Crippen LogP contribution < -0.4 is 0 Å². The molecule has 0 amide bonds. The molecule has 1 atom stereocenters. The summed E-state index contributed by atoms with van der Waals surface area (Å²) in [5.74, 6) is -2.41. The van der Waals surface area contributed by atoms with E-state index in [9.17, 15) is 30.1 Å². The van der Waals surface area contributed by atoms with Gasteiger partial charge in [0, 0.05) is 17.4 Å². The van der Waals surface area contributed by atoms with Crippen LogP contribution in [0.25, 0.3) is 0 Å². The molecule has 1 saturated carbocycles. The van der Waals surface area contributed by atoms with Crippen LogP contribution in [0.4, 0.5) is 10.0 Å². The molecule has 1 aliphatic rings. The van der Waals surface area contributed by atoms with E-state index in [0.717, 1.165) is 25.3 Å². The maximum absolute atomic E-state index is 11.6. The molecule has 8 nitrogen and oxygen atoms in total. The van der Waals surface area contributed by atoms with Crippen LogP contribution in [-0.4, -0.2) is 20.9 Å². The Bertz CT molecular complexity index is 578. The van der Waals surface area contributed by atoms with Gasteiger partial charge in [-0.15, -0.1) is 0 Å². The molecule has 1 aliphatic carbocycles. The van der Waals surface area contributed by atoms with Crippen LogP contribution in [0.2, 0.25) is 0 Å². The Balaban J connectivity index is 2.45. The highest BCUT2D eigenvalue weighted by Gasteiger charge is 2.39. The summed E-state index contributed by atoms with van der Waals surface area (Å²) in [5, 5.41) is 30.5. The van der Waals surface area contributed by atoms with E-state index in [2.05, 4.69) is 0 Å². The van der Waals surface area contributed by atoms with Gasteiger partial charge in [0.05, 0.1) is 21.3 Å². The Morgan fingerprint density at radius 2 is 1.86 bits per heavy atom. The molecule has 9 heteroatoms. The standard InChI is InChI=1S/C12H14N2O6S/c15-12(16)10(7-4-2-1-3-5-7)8-6-9(13(17)18)21-11(8)14(19)20/h6-7,10H,1-5H2,(H,15,16). The van der Waals surface area contributed by atoms with Crippen molar-refractivity contribution < 1.29 is 19.7 Å². The summed E-state index contributed by atoms with van der Waals surface area (Å²) in [6, 6.07) is 1.05. The van der Waals surface area contributed by atoms with Crippen molar-refractivity contribution in [2.24, 2.45) is 5.92 Å². The fraction of sp³-hybridized carbons (Fsp3) is 0.583. The predicted octanol–water partition coefficient (Wildman–Crippen LogP) is 3.31. The molecule has 1 aromatic rings. The first-order valence-electron chi connectivity index (χ1n) is 6.57. The summed E-state index contributed by atoms with van der Waals surface area (Å²) >= 11 is 0.424. The maximum atomic E-state index is 11.6. The third-order valence-electron chi connectivity index (χ3n) is 3.80. The molecule has 0 aromatic carbocycles. The smallest absolute Gasteiger partial charge is 0.334 e. The van der Waals surface area contributed by atoms with Crippen LogP contribution in [0.3, 0.4) is 0 Å². The molecule has 0 bridgehead atoms. The lowest BCUT2D eigenvalue weighted by molar-refractivity contribution is -0.383. The lowest BCUT2D eigenvalue weighted by atomic mass is 9.77. The molecule has 0 radical (unpaired) electrons. The van der Waals surface area contributed by atoms with Crippen LogP contribution in [0.1, 0.15) is 43.6 Å². The Hall–Kier alpha value is -2.03. The van der Waals surface area contributed by atoms with Crippen molar-refractivity contribution in [2.45, 2.75) is 38.0 Å². The van der Waals surface area contributed by atoms with Crippen LogP contribution >= 0.6 is 11.3 Å². The van der Waals surface area contributed by atoms with Crippen molar-refractivity contribution in [1.29, 1.82) is 0 Å². The molecular formula is C12H14N2O6S. The number of carboxylic acids is 1. The van der Waals surface area contributed by atoms with Crippen molar-refractivity contribution in [3.8, 4) is 0 Å². The van der Waals surface area contributed by atoms with Gasteiger partial charge in [-0.3, -0.25) is 25.0 Å². The number of thiophene rings is 1. The zero-order chi connectivity index (χ0) is 15.6. The first-order chi connectivity index (χ1) is 9.91. The molecular weight excluding hydrogens is 300 g/mol. The van der Waals surface area contributed by atoms with Crippen LogP contribution in [-0.2, 0) is 4.79 Å². The van der Waals surface area contributed by atoms with Crippen LogP contribution in [0.5, 0.6) is 0 Å². The van der Waals surface area contributed by atoms with E-state index < -0.39 is 31.7 Å². The third-order valence-corrected chi connectivity index (χ3v) is 4.85. The molecule has 21 heavy (non-hydrogen) atoms. The molecule has 114 valence electrons. The van der Waals surface area contributed by atoms with Gasteiger partial charge in [-0.1, -0.05) is 19.3 Å². The van der Waals surface area contributed by atoms with Gasteiger partial charge < -0.3 is 5.11 Å². The molecule has 1 heterocycles. The fourth-order valence-corrected chi connectivity index (χ4v) is 3.73. The van der Waals surface area contributed by atoms with Crippen LogP contribution in [0, 0.1) is 26.1 Å². The second-order valence-electron chi connectivity index (χ2n) is 5.07. The van der Waals surface area contributed by atoms with E-state index in [1.54, 1.807) is 0 Å². The highest BCUT2D eigenvalue weighted by atomic mass is 32.1. The van der Waals surface area contributed by atoms with Crippen molar-refractivity contribution in [3.63, 3.8) is 0 Å². The molecule has 0 aliphatic heterocycles. The third kappa shape index (κ3) is 3.18. The minimum Gasteiger partial charge on any atom is -0.481 e. The molecule has 1 N–H and O–H groups in total. The van der Waals surface area contributed by atoms with Gasteiger partial charge in [0.1, 0.15) is 0 Å². The number of carbonyl (C=O) groups is 1. The van der Waals surface area contributed by atoms with Gasteiger partial charge in [0.25, 0.3) is 0 Å². The lowest BCUT2D eigenvalue weighted by Gasteiger charge is -2.26. The number of hydrogen-bond donors (Lipinski definition) is 1. The quantitative estimate of drug-likeness (QED) is 0.656. The number of aliphatic carboxylic acids is 1. The van der Waals surface area contributed by atoms with E-state index in [1.165, 1.54) is 0 Å². The topological polar surface area (TPSA) is 124 Å². The minimum absolute atomic E-state index is 0.0314. The van der Waals surface area contributed by atoms with Gasteiger partial charge in [0.2, 0.25) is 0 Å². The summed E-state index contributed by atoms with van der Waals surface area (Å²) in [7, 11) is 0. The SMILES string of the molecule is O=C(O)C(c1cc([N+](=O)[O-])sc1[N+](=O)[O-])C1CCCCC1. The predicted molar refractivity (Wildman–Crippen MR) is 74.6 cm³/mol. The van der Waals surface area contributed by atoms with E-state index in [-0.39, 0.29) is 11.5 Å². The van der Waals surface area contributed by atoms with E-state index >= 15 is 0 Å². The summed E-state index contributed by atoms with van der Waals surface area (Å²) in [5.41, 5.74) is -0.0314. The molecule has 1 aromatic heterocycles. The maximum Gasteiger partial charge on any atom is 0.334 e. The second kappa shape index (κ2) is 6.17. The lowest BCUT2D eigenvalue weighted by Crippen LogP contribution is -2.23. The highest BCUT2D eigenvalue weighted by Crippen LogP contribution is 2.45. The zero-order valence-corrected chi connectivity index (χ0v) is 11.9. The van der Waals surface area contributed by atoms with Gasteiger partial charge in [0.15, 0.2) is 0 Å². The van der Waals surface area contributed by atoms with Crippen molar-refractivity contribution in [3.05, 3.63) is 31.9 Å². The van der Waals surface area contributed by atoms with Crippen molar-refractivity contribution >= 4 is 27.3 Å². The second-order valence-corrected chi connectivity index (χ2v) is 6.08.